The summed E-state index contributed by atoms with van der Waals surface area (Å²) in [5, 5.41) is 10.3. The first-order chi connectivity index (χ1) is 21.3. The van der Waals surface area contributed by atoms with Gasteiger partial charge in [-0.05, 0) is 47.5 Å². The summed E-state index contributed by atoms with van der Waals surface area (Å²) in [5.41, 5.74) is 10.2. The highest BCUT2D eigenvalue weighted by Crippen LogP contribution is 2.43. The number of nitrogens with zero attached hydrogens (tertiary/aromatic N) is 1. The Balaban J connectivity index is 1.28. The van der Waals surface area contributed by atoms with E-state index >= 15 is 0 Å². The Hall–Kier alpha value is -3.93. The van der Waals surface area contributed by atoms with Crippen molar-refractivity contribution >= 4 is 44.1 Å². The number of thioether (sulfide) groups is 1. The number of aromatic nitrogens is 1. The highest BCUT2D eigenvalue weighted by molar-refractivity contribution is 7.99. The third kappa shape index (κ3) is 6.45. The lowest BCUT2D eigenvalue weighted by molar-refractivity contribution is -0.268. The second-order valence-electron chi connectivity index (χ2n) is 10.7. The van der Waals surface area contributed by atoms with Crippen LogP contribution in [0.2, 0.25) is 0 Å². The van der Waals surface area contributed by atoms with Crippen molar-refractivity contribution in [3.05, 3.63) is 126 Å². The van der Waals surface area contributed by atoms with E-state index in [9.17, 15) is 13.5 Å². The summed E-state index contributed by atoms with van der Waals surface area (Å²) in [6.07, 6.45) is 0.316. The Morgan fingerprint density at radius 3 is 2.48 bits per heavy atom. The van der Waals surface area contributed by atoms with Crippen molar-refractivity contribution in [1.29, 1.82) is 0 Å². The molecule has 8 nitrogen and oxygen atoms in total. The van der Waals surface area contributed by atoms with Gasteiger partial charge in [-0.25, -0.2) is 8.42 Å². The van der Waals surface area contributed by atoms with E-state index in [1.165, 1.54) is 0 Å². The lowest BCUT2D eigenvalue weighted by Crippen LogP contribution is -2.38. The Morgan fingerprint density at radius 2 is 1.68 bits per heavy atom. The van der Waals surface area contributed by atoms with E-state index in [-0.39, 0.29) is 29.6 Å². The van der Waals surface area contributed by atoms with E-state index in [1.807, 2.05) is 66.7 Å². The predicted molar refractivity (Wildman–Crippen MR) is 174 cm³/mol. The maximum atomic E-state index is 13.5. The van der Waals surface area contributed by atoms with Crippen LogP contribution >= 0.6 is 11.8 Å². The number of ether oxygens (including phenoxy) is 2. The van der Waals surface area contributed by atoms with Crippen LogP contribution < -0.4 is 10.5 Å². The van der Waals surface area contributed by atoms with Gasteiger partial charge in [-0.2, -0.15) is 0 Å². The van der Waals surface area contributed by atoms with Crippen molar-refractivity contribution in [1.82, 2.24) is 4.98 Å². The van der Waals surface area contributed by atoms with E-state index in [0.717, 1.165) is 21.4 Å². The summed E-state index contributed by atoms with van der Waals surface area (Å²) in [6.45, 7) is 2.06. The molecule has 4 aromatic carbocycles. The molecule has 226 valence electrons. The van der Waals surface area contributed by atoms with Gasteiger partial charge < -0.3 is 20.3 Å². The van der Waals surface area contributed by atoms with Crippen molar-refractivity contribution < 1.29 is 23.0 Å². The monoisotopic (exact) mass is 627 g/mol. The van der Waals surface area contributed by atoms with Gasteiger partial charge >= 0.3 is 0 Å². The number of anilines is 2. The predicted octanol–water partition coefficient (Wildman–Crippen LogP) is 6.69. The summed E-state index contributed by atoms with van der Waals surface area (Å²) >= 11 is 1.63. The normalized spacial score (nSPS) is 20.4. The first-order valence-electron chi connectivity index (χ1n) is 14.3. The molecule has 0 bridgehead atoms. The molecule has 1 saturated heterocycles. The summed E-state index contributed by atoms with van der Waals surface area (Å²) in [5.74, 6) is 0.630. The number of fused-ring (bicyclic) bond motifs is 1. The van der Waals surface area contributed by atoms with Crippen LogP contribution in [0.25, 0.3) is 10.9 Å². The molecule has 0 saturated carbocycles. The average Bonchev–Trinajstić information content (AvgIpc) is 3.04. The second kappa shape index (κ2) is 13.0. The first-order valence-corrected chi connectivity index (χ1v) is 16.7. The minimum absolute atomic E-state index is 0.00999. The summed E-state index contributed by atoms with van der Waals surface area (Å²) in [4.78, 5) is 5.39. The standard InChI is InChI=1S/C34H33N3O5S2/c1-22-29(21-43-30-12-3-2-11-28(30)35)41-34(42-33(22)25-16-14-23(20-38)15-17-25)26-8-4-10-27(19-26)37-44(39,40)31-13-5-7-24-9-6-18-36-32(24)31/h2-19,22,29,33-34,37-38H,20-21,35H2,1H3/t22-,29+,33+,34?/m0/s1. The van der Waals surface area contributed by atoms with Crippen molar-refractivity contribution in [2.75, 3.05) is 16.2 Å². The zero-order valence-electron chi connectivity index (χ0n) is 24.0. The van der Waals surface area contributed by atoms with Crippen molar-refractivity contribution in [2.45, 2.75) is 41.8 Å². The van der Waals surface area contributed by atoms with Gasteiger partial charge in [-0.15, -0.1) is 11.8 Å². The largest absolute Gasteiger partial charge is 0.398 e. The molecule has 10 heteroatoms. The molecule has 4 N–H and O–H groups in total. The molecule has 5 aromatic rings. The molecule has 4 atom stereocenters. The van der Waals surface area contributed by atoms with Gasteiger partial charge in [0.15, 0.2) is 6.29 Å². The van der Waals surface area contributed by atoms with Gasteiger partial charge in [0.2, 0.25) is 0 Å². The molecule has 0 spiro atoms. The summed E-state index contributed by atoms with van der Waals surface area (Å²) in [6, 6.07) is 31.2. The highest BCUT2D eigenvalue weighted by atomic mass is 32.2. The quantitative estimate of drug-likeness (QED) is 0.122. The fourth-order valence-corrected chi connectivity index (χ4v) is 7.71. The SMILES string of the molecule is C[C@H]1[C@@H](CSc2ccccc2N)OC(c2cccc(NS(=O)(=O)c3cccc4cccnc34)c2)O[C@H]1c1ccc(CO)cc1. The van der Waals surface area contributed by atoms with E-state index in [1.54, 1.807) is 54.4 Å². The third-order valence-electron chi connectivity index (χ3n) is 7.74. The second-order valence-corrected chi connectivity index (χ2v) is 13.4. The third-order valence-corrected chi connectivity index (χ3v) is 10.3. The molecular formula is C34H33N3O5S2. The lowest BCUT2D eigenvalue weighted by Gasteiger charge is -2.41. The molecule has 1 unspecified atom stereocenters. The molecule has 0 radical (unpaired) electrons. The molecular weight excluding hydrogens is 595 g/mol. The molecule has 1 aliphatic rings. The number of nitrogens with two attached hydrogens (primary N) is 1. The van der Waals surface area contributed by atoms with Gasteiger partial charge in [0, 0.05) is 45.1 Å². The smallest absolute Gasteiger partial charge is 0.264 e. The number of hydrogen-bond acceptors (Lipinski definition) is 8. The van der Waals surface area contributed by atoms with Crippen LogP contribution in [-0.4, -0.2) is 30.4 Å². The molecule has 0 amide bonds. The average molecular weight is 628 g/mol. The molecule has 1 aliphatic heterocycles. The van der Waals surface area contributed by atoms with Crippen LogP contribution in [0.3, 0.4) is 0 Å². The van der Waals surface area contributed by atoms with E-state index in [4.69, 9.17) is 15.2 Å². The number of rotatable bonds is 9. The molecule has 0 aliphatic carbocycles. The van der Waals surface area contributed by atoms with Gasteiger partial charge in [-0.3, -0.25) is 9.71 Å². The minimum atomic E-state index is -3.94. The summed E-state index contributed by atoms with van der Waals surface area (Å²) < 4.78 is 42.8. The number of nitrogen functional groups attached to an aromatic ring is 1. The topological polar surface area (TPSA) is 124 Å². The minimum Gasteiger partial charge on any atom is -0.398 e. The van der Waals surface area contributed by atoms with Crippen LogP contribution in [-0.2, 0) is 26.1 Å². The molecule has 1 fully saturated rings. The van der Waals surface area contributed by atoms with Gasteiger partial charge in [0.05, 0.1) is 24.3 Å². The number of para-hydroxylation sites is 2. The number of sulfonamides is 1. The number of aliphatic hydroxyl groups excluding tert-OH is 1. The Labute approximate surface area is 261 Å². The zero-order chi connectivity index (χ0) is 30.7. The number of aliphatic hydroxyl groups is 1. The molecule has 6 rings (SSSR count). The number of pyridine rings is 1. The van der Waals surface area contributed by atoms with Crippen molar-refractivity contribution in [3.63, 3.8) is 0 Å². The van der Waals surface area contributed by atoms with E-state index in [0.29, 0.717) is 28.2 Å². The number of nitrogens with one attached hydrogen (secondary N) is 1. The van der Waals surface area contributed by atoms with Crippen LogP contribution in [0.5, 0.6) is 0 Å². The van der Waals surface area contributed by atoms with Gasteiger partial charge in [0.25, 0.3) is 10.0 Å². The first kappa shape index (κ1) is 30.1. The molecule has 1 aromatic heterocycles. The number of hydrogen-bond donors (Lipinski definition) is 3. The highest BCUT2D eigenvalue weighted by Gasteiger charge is 2.38. The Bertz CT molecular complexity index is 1860. The van der Waals surface area contributed by atoms with Crippen LogP contribution in [0.1, 0.15) is 36.0 Å². The van der Waals surface area contributed by atoms with Crippen molar-refractivity contribution in [3.8, 4) is 0 Å². The fraction of sp³-hybridized carbons (Fsp3) is 0.206. The van der Waals surface area contributed by atoms with Crippen LogP contribution in [0.15, 0.2) is 119 Å². The lowest BCUT2D eigenvalue weighted by atomic mass is 9.91. The van der Waals surface area contributed by atoms with Crippen LogP contribution in [0.4, 0.5) is 11.4 Å². The number of benzene rings is 4. The summed E-state index contributed by atoms with van der Waals surface area (Å²) in [7, 11) is -3.94. The maximum absolute atomic E-state index is 13.5. The Morgan fingerprint density at radius 1 is 0.909 bits per heavy atom. The van der Waals surface area contributed by atoms with Gasteiger partial charge in [-0.1, -0.05) is 73.7 Å². The van der Waals surface area contributed by atoms with Crippen molar-refractivity contribution in [2.24, 2.45) is 5.92 Å². The van der Waals surface area contributed by atoms with Gasteiger partial charge in [0.1, 0.15) is 4.90 Å². The Kier molecular flexibility index (Phi) is 8.88. The van der Waals surface area contributed by atoms with E-state index < -0.39 is 16.3 Å². The molecule has 44 heavy (non-hydrogen) atoms. The van der Waals surface area contributed by atoms with E-state index in [2.05, 4.69) is 16.6 Å². The maximum Gasteiger partial charge on any atom is 0.264 e. The van der Waals surface area contributed by atoms with Crippen LogP contribution in [0, 0.1) is 5.92 Å². The molecule has 2 heterocycles. The fourth-order valence-electron chi connectivity index (χ4n) is 5.35. The zero-order valence-corrected chi connectivity index (χ0v) is 25.7.